The van der Waals surface area contributed by atoms with Gasteiger partial charge in [-0.3, -0.25) is 9.78 Å². The fraction of sp³-hybridized carbons (Fsp3) is 0.286. The molecule has 1 saturated heterocycles. The van der Waals surface area contributed by atoms with Gasteiger partial charge in [0.15, 0.2) is 0 Å². The van der Waals surface area contributed by atoms with E-state index in [9.17, 15) is 4.79 Å². The molecule has 1 N–H and O–H groups in total. The fourth-order valence-electron chi connectivity index (χ4n) is 3.53. The van der Waals surface area contributed by atoms with Crippen LogP contribution in [-0.2, 0) is 18.2 Å². The molecule has 1 aliphatic heterocycles. The van der Waals surface area contributed by atoms with Crippen molar-refractivity contribution in [3.63, 3.8) is 0 Å². The first kappa shape index (κ1) is 17.4. The molecule has 0 saturated carbocycles. The van der Waals surface area contributed by atoms with Crippen LogP contribution >= 0.6 is 0 Å². The Morgan fingerprint density at radius 3 is 2.78 bits per heavy atom. The minimum absolute atomic E-state index is 0.0138. The van der Waals surface area contributed by atoms with Gasteiger partial charge in [-0.05, 0) is 30.2 Å². The highest BCUT2D eigenvalue weighted by Crippen LogP contribution is 2.23. The molecule has 138 valence electrons. The highest BCUT2D eigenvalue weighted by molar-refractivity contribution is 6.00. The highest BCUT2D eigenvalue weighted by Gasteiger charge is 2.30. The molecule has 0 bridgehead atoms. The van der Waals surface area contributed by atoms with Crippen LogP contribution in [0.4, 0.5) is 0 Å². The van der Waals surface area contributed by atoms with Crippen LogP contribution in [0.2, 0.25) is 0 Å². The molecule has 3 aromatic rings. The molecule has 6 heteroatoms. The first-order chi connectivity index (χ1) is 13.2. The number of ether oxygens (including phenoxy) is 1. The van der Waals surface area contributed by atoms with Crippen molar-refractivity contribution < 1.29 is 9.53 Å². The summed E-state index contributed by atoms with van der Waals surface area (Å²) in [6.45, 7) is 1.18. The van der Waals surface area contributed by atoms with Gasteiger partial charge in [0.05, 0.1) is 24.8 Å². The Balaban J connectivity index is 1.52. The molecule has 0 aliphatic carbocycles. The van der Waals surface area contributed by atoms with Crippen LogP contribution in [0.15, 0.2) is 61.2 Å². The zero-order valence-electron chi connectivity index (χ0n) is 15.2. The first-order valence-corrected chi connectivity index (χ1v) is 9.06. The molecular weight excluding hydrogens is 340 g/mol. The van der Waals surface area contributed by atoms with Gasteiger partial charge in [0.2, 0.25) is 0 Å². The number of rotatable bonds is 5. The molecule has 4 rings (SSSR count). The van der Waals surface area contributed by atoms with Crippen molar-refractivity contribution in [3.8, 4) is 11.4 Å². The van der Waals surface area contributed by atoms with Gasteiger partial charge in [0.1, 0.15) is 5.82 Å². The van der Waals surface area contributed by atoms with Crippen molar-refractivity contribution in [3.05, 3.63) is 72.3 Å². The van der Waals surface area contributed by atoms with Gasteiger partial charge < -0.3 is 14.6 Å². The van der Waals surface area contributed by atoms with Crippen LogP contribution in [0.25, 0.3) is 11.4 Å². The number of imidazole rings is 1. The molecule has 0 spiro atoms. The van der Waals surface area contributed by atoms with E-state index in [1.807, 2.05) is 54.2 Å². The van der Waals surface area contributed by atoms with Crippen molar-refractivity contribution in [2.45, 2.75) is 12.5 Å². The van der Waals surface area contributed by atoms with E-state index in [1.165, 1.54) is 5.56 Å². The second-order valence-corrected chi connectivity index (χ2v) is 6.84. The summed E-state index contributed by atoms with van der Waals surface area (Å²) in [6.07, 6.45) is 8.05. The number of aromatic nitrogens is 3. The highest BCUT2D eigenvalue weighted by atomic mass is 16.5. The van der Waals surface area contributed by atoms with E-state index in [2.05, 4.69) is 15.3 Å². The molecule has 3 heterocycles. The van der Waals surface area contributed by atoms with E-state index in [0.717, 1.165) is 17.8 Å². The standard InChI is InChI=1S/C21H22N4O2/c1-25-11-10-23-20(25)17-4-2-3-5-18(17)21(26)24-19-14-27-13-16(19)12-15-6-8-22-9-7-15/h2-11,16,19H,12-14H2,1H3,(H,24,26)/t16-,19+/m1/s1. The van der Waals surface area contributed by atoms with Gasteiger partial charge in [0, 0.05) is 43.3 Å². The van der Waals surface area contributed by atoms with Crippen LogP contribution in [0.3, 0.4) is 0 Å². The van der Waals surface area contributed by atoms with E-state index < -0.39 is 0 Å². The number of nitrogens with one attached hydrogen (secondary N) is 1. The Kier molecular flexibility index (Phi) is 4.98. The van der Waals surface area contributed by atoms with Crippen molar-refractivity contribution in [1.82, 2.24) is 19.9 Å². The molecule has 6 nitrogen and oxygen atoms in total. The zero-order chi connectivity index (χ0) is 18.6. The average molecular weight is 362 g/mol. The van der Waals surface area contributed by atoms with Crippen LogP contribution in [0.5, 0.6) is 0 Å². The third kappa shape index (κ3) is 3.75. The van der Waals surface area contributed by atoms with Crippen LogP contribution in [0.1, 0.15) is 15.9 Å². The SMILES string of the molecule is Cn1ccnc1-c1ccccc1C(=O)N[C@H]1COC[C@H]1Cc1ccncc1. The van der Waals surface area contributed by atoms with Crippen LogP contribution in [-0.4, -0.2) is 39.7 Å². The normalized spacial score (nSPS) is 19.1. The summed E-state index contributed by atoms with van der Waals surface area (Å²) < 4.78 is 7.57. The van der Waals surface area contributed by atoms with Crippen LogP contribution in [0, 0.1) is 5.92 Å². The topological polar surface area (TPSA) is 69.0 Å². The number of aryl methyl sites for hydroxylation is 1. The van der Waals surface area contributed by atoms with Crippen molar-refractivity contribution >= 4 is 5.91 Å². The van der Waals surface area contributed by atoms with Gasteiger partial charge in [-0.25, -0.2) is 4.98 Å². The third-order valence-corrected chi connectivity index (χ3v) is 5.00. The molecule has 1 fully saturated rings. The fourth-order valence-corrected chi connectivity index (χ4v) is 3.53. The van der Waals surface area contributed by atoms with E-state index in [4.69, 9.17) is 4.74 Å². The third-order valence-electron chi connectivity index (χ3n) is 5.00. The minimum Gasteiger partial charge on any atom is -0.379 e. The second-order valence-electron chi connectivity index (χ2n) is 6.84. The number of pyridine rings is 1. The Bertz CT molecular complexity index is 923. The molecule has 0 radical (unpaired) electrons. The van der Waals surface area contributed by atoms with E-state index in [0.29, 0.717) is 18.8 Å². The minimum atomic E-state index is -0.0937. The molecule has 0 unspecified atom stereocenters. The summed E-state index contributed by atoms with van der Waals surface area (Å²) in [5.41, 5.74) is 2.65. The molecule has 2 atom stereocenters. The molecule has 1 aliphatic rings. The monoisotopic (exact) mass is 362 g/mol. The zero-order valence-corrected chi connectivity index (χ0v) is 15.2. The lowest BCUT2D eigenvalue weighted by Crippen LogP contribution is -2.40. The smallest absolute Gasteiger partial charge is 0.252 e. The molecule has 1 aromatic carbocycles. The Hall–Kier alpha value is -2.99. The Morgan fingerprint density at radius 2 is 2.00 bits per heavy atom. The number of hydrogen-bond donors (Lipinski definition) is 1. The van der Waals surface area contributed by atoms with E-state index >= 15 is 0 Å². The van der Waals surface area contributed by atoms with Crippen molar-refractivity contribution in [2.24, 2.45) is 13.0 Å². The largest absolute Gasteiger partial charge is 0.379 e. The maximum absolute atomic E-state index is 13.0. The lowest BCUT2D eigenvalue weighted by Gasteiger charge is -2.20. The average Bonchev–Trinajstić information content (AvgIpc) is 3.31. The second kappa shape index (κ2) is 7.72. The molecular formula is C21H22N4O2. The van der Waals surface area contributed by atoms with Crippen molar-refractivity contribution in [1.29, 1.82) is 0 Å². The maximum Gasteiger partial charge on any atom is 0.252 e. The van der Waals surface area contributed by atoms with Gasteiger partial charge in [-0.2, -0.15) is 0 Å². The summed E-state index contributed by atoms with van der Waals surface area (Å²) in [5.74, 6) is 0.928. The van der Waals surface area contributed by atoms with Gasteiger partial charge >= 0.3 is 0 Å². The van der Waals surface area contributed by atoms with E-state index in [1.54, 1.807) is 18.6 Å². The van der Waals surface area contributed by atoms with Crippen molar-refractivity contribution in [2.75, 3.05) is 13.2 Å². The number of carbonyl (C=O) groups excluding carboxylic acids is 1. The molecule has 2 aromatic heterocycles. The summed E-state index contributed by atoms with van der Waals surface area (Å²) in [5, 5.41) is 3.17. The number of nitrogens with zero attached hydrogens (tertiary/aromatic N) is 3. The van der Waals surface area contributed by atoms with Gasteiger partial charge in [-0.15, -0.1) is 0 Å². The Labute approximate surface area is 158 Å². The first-order valence-electron chi connectivity index (χ1n) is 9.06. The quantitative estimate of drug-likeness (QED) is 0.757. The predicted molar refractivity (Wildman–Crippen MR) is 102 cm³/mol. The van der Waals surface area contributed by atoms with Gasteiger partial charge in [0.25, 0.3) is 5.91 Å². The molecule has 1 amide bonds. The number of benzene rings is 1. The number of hydrogen-bond acceptors (Lipinski definition) is 4. The summed E-state index contributed by atoms with van der Waals surface area (Å²) >= 11 is 0. The Morgan fingerprint density at radius 1 is 1.19 bits per heavy atom. The lowest BCUT2D eigenvalue weighted by atomic mass is 9.95. The summed E-state index contributed by atoms with van der Waals surface area (Å²) in [7, 11) is 1.92. The molecule has 27 heavy (non-hydrogen) atoms. The summed E-state index contributed by atoms with van der Waals surface area (Å²) in [6, 6.07) is 11.6. The maximum atomic E-state index is 13.0. The predicted octanol–water partition coefficient (Wildman–Crippen LogP) is 2.47. The number of amides is 1. The van der Waals surface area contributed by atoms with Gasteiger partial charge in [-0.1, -0.05) is 18.2 Å². The lowest BCUT2D eigenvalue weighted by molar-refractivity contribution is 0.0925. The van der Waals surface area contributed by atoms with Crippen LogP contribution < -0.4 is 5.32 Å². The number of carbonyl (C=O) groups is 1. The van der Waals surface area contributed by atoms with E-state index in [-0.39, 0.29) is 17.9 Å². The summed E-state index contributed by atoms with van der Waals surface area (Å²) in [4.78, 5) is 21.5.